The van der Waals surface area contributed by atoms with E-state index in [2.05, 4.69) is 24.8 Å². The van der Waals surface area contributed by atoms with Crippen molar-refractivity contribution in [1.29, 1.82) is 5.26 Å². The molecule has 0 aromatic rings. The average Bonchev–Trinajstić information content (AvgIpc) is 2.40. The van der Waals surface area contributed by atoms with Crippen molar-refractivity contribution in [2.24, 2.45) is 0 Å². The topological polar surface area (TPSA) is 56.6 Å². The number of carbonyl (C=O) groups is 1. The number of carbonyl (C=O) groups excluding carboxylic acids is 1. The van der Waals surface area contributed by atoms with Crippen molar-refractivity contribution < 1.29 is 9.53 Å². The zero-order chi connectivity index (χ0) is 13.8. The maximum atomic E-state index is 12.3. The van der Waals surface area contributed by atoms with E-state index in [1.54, 1.807) is 12.0 Å². The van der Waals surface area contributed by atoms with Crippen LogP contribution >= 0.6 is 0 Å². The largest absolute Gasteiger partial charge is 0.383 e. The molecule has 5 heteroatoms. The van der Waals surface area contributed by atoms with E-state index in [0.29, 0.717) is 13.2 Å². The zero-order valence-electron chi connectivity index (χ0n) is 11.8. The molecule has 102 valence electrons. The molecule has 0 N–H and O–H groups in total. The minimum Gasteiger partial charge on any atom is -0.383 e. The minimum atomic E-state index is -0.354. The molecule has 5 nitrogen and oxygen atoms in total. The molecule has 1 heterocycles. The van der Waals surface area contributed by atoms with Crippen LogP contribution in [0.2, 0.25) is 0 Å². The highest BCUT2D eigenvalue weighted by atomic mass is 16.5. The molecule has 1 atom stereocenters. The van der Waals surface area contributed by atoms with Gasteiger partial charge in [-0.25, -0.2) is 0 Å². The second-order valence-electron chi connectivity index (χ2n) is 5.39. The number of hydrogen-bond donors (Lipinski definition) is 0. The molecule has 1 amide bonds. The Labute approximate surface area is 109 Å². The lowest BCUT2D eigenvalue weighted by Gasteiger charge is -2.40. The fourth-order valence-electron chi connectivity index (χ4n) is 2.44. The third kappa shape index (κ3) is 3.21. The van der Waals surface area contributed by atoms with Crippen LogP contribution < -0.4 is 0 Å². The highest BCUT2D eigenvalue weighted by Crippen LogP contribution is 2.27. The highest BCUT2D eigenvalue weighted by Gasteiger charge is 2.40. The van der Waals surface area contributed by atoms with Crippen LogP contribution in [0.1, 0.15) is 26.7 Å². The molecular formula is C13H23N3O2. The molecule has 1 fully saturated rings. The van der Waals surface area contributed by atoms with Crippen LogP contribution in [0.3, 0.4) is 0 Å². The van der Waals surface area contributed by atoms with Gasteiger partial charge in [-0.2, -0.15) is 5.26 Å². The Hall–Kier alpha value is -1.12. The van der Waals surface area contributed by atoms with Gasteiger partial charge in [0.05, 0.1) is 19.1 Å². The van der Waals surface area contributed by atoms with Crippen LogP contribution in [0.5, 0.6) is 0 Å². The smallest absolute Gasteiger partial charge is 0.240 e. The van der Waals surface area contributed by atoms with Crippen molar-refractivity contribution in [3.05, 3.63) is 0 Å². The number of hydrogen-bond acceptors (Lipinski definition) is 4. The van der Waals surface area contributed by atoms with Crippen LogP contribution in [0, 0.1) is 11.3 Å². The van der Waals surface area contributed by atoms with Gasteiger partial charge in [-0.15, -0.1) is 0 Å². The lowest BCUT2D eigenvalue weighted by Crippen LogP contribution is -2.53. The second kappa shape index (κ2) is 6.17. The van der Waals surface area contributed by atoms with Gasteiger partial charge >= 0.3 is 0 Å². The first-order valence-corrected chi connectivity index (χ1v) is 6.31. The van der Waals surface area contributed by atoms with Crippen molar-refractivity contribution in [2.45, 2.75) is 38.3 Å². The van der Waals surface area contributed by atoms with Gasteiger partial charge < -0.3 is 9.64 Å². The molecule has 0 aromatic carbocycles. The number of nitriles is 1. The van der Waals surface area contributed by atoms with E-state index in [9.17, 15) is 4.79 Å². The molecule has 1 saturated heterocycles. The van der Waals surface area contributed by atoms with Gasteiger partial charge in [0, 0.05) is 32.8 Å². The van der Waals surface area contributed by atoms with E-state index in [1.807, 2.05) is 7.05 Å². The van der Waals surface area contributed by atoms with E-state index >= 15 is 0 Å². The van der Waals surface area contributed by atoms with E-state index in [4.69, 9.17) is 10.00 Å². The Balaban J connectivity index is 2.99. The van der Waals surface area contributed by atoms with Crippen LogP contribution in [-0.4, -0.2) is 61.1 Å². The molecule has 18 heavy (non-hydrogen) atoms. The second-order valence-corrected chi connectivity index (χ2v) is 5.39. The molecular weight excluding hydrogens is 230 g/mol. The van der Waals surface area contributed by atoms with Gasteiger partial charge in [0.15, 0.2) is 0 Å². The summed E-state index contributed by atoms with van der Waals surface area (Å²) in [6.07, 6.45) is 1.14. The minimum absolute atomic E-state index is 0.0400. The summed E-state index contributed by atoms with van der Waals surface area (Å²) < 4.78 is 5.12. The van der Waals surface area contributed by atoms with E-state index in [-0.39, 0.29) is 23.9 Å². The Morgan fingerprint density at radius 1 is 1.56 bits per heavy atom. The predicted octanol–water partition coefficient (Wildman–Crippen LogP) is 0.858. The lowest BCUT2D eigenvalue weighted by molar-refractivity contribution is -0.135. The molecule has 1 aliphatic rings. The SMILES string of the molecule is COCCN1C(CC#N)C(=O)N(C)CCC1(C)C. The summed E-state index contributed by atoms with van der Waals surface area (Å²) in [5.41, 5.74) is -0.0968. The third-order valence-electron chi connectivity index (χ3n) is 3.69. The Bertz CT molecular complexity index is 336. The average molecular weight is 253 g/mol. The molecule has 0 bridgehead atoms. The lowest BCUT2D eigenvalue weighted by atomic mass is 9.96. The zero-order valence-corrected chi connectivity index (χ0v) is 11.8. The summed E-state index contributed by atoms with van der Waals surface area (Å²) >= 11 is 0. The molecule has 1 rings (SSSR count). The quantitative estimate of drug-likeness (QED) is 0.745. The van der Waals surface area contributed by atoms with Crippen molar-refractivity contribution >= 4 is 5.91 Å². The summed E-state index contributed by atoms with van der Waals surface area (Å²) in [6, 6.07) is 1.78. The first-order chi connectivity index (χ1) is 8.44. The number of likely N-dealkylation sites (N-methyl/N-ethyl adjacent to an activating group) is 1. The van der Waals surface area contributed by atoms with Gasteiger partial charge in [-0.1, -0.05) is 0 Å². The Morgan fingerprint density at radius 3 is 2.78 bits per heavy atom. The number of nitrogens with zero attached hydrogens (tertiary/aromatic N) is 3. The molecule has 1 unspecified atom stereocenters. The van der Waals surface area contributed by atoms with Crippen molar-refractivity contribution in [2.75, 3.05) is 33.9 Å². The number of methoxy groups -OCH3 is 1. The van der Waals surface area contributed by atoms with Gasteiger partial charge in [-0.3, -0.25) is 9.69 Å². The first kappa shape index (κ1) is 14.9. The molecule has 0 radical (unpaired) electrons. The Kier molecular flexibility index (Phi) is 5.12. The van der Waals surface area contributed by atoms with E-state index in [1.165, 1.54) is 0 Å². The molecule has 0 aromatic heterocycles. The number of rotatable bonds is 4. The maximum Gasteiger partial charge on any atom is 0.240 e. The van der Waals surface area contributed by atoms with Crippen molar-refractivity contribution in [1.82, 2.24) is 9.80 Å². The molecule has 0 spiro atoms. The molecule has 1 aliphatic heterocycles. The highest BCUT2D eigenvalue weighted by molar-refractivity contribution is 5.82. The fraction of sp³-hybridized carbons (Fsp3) is 0.846. The summed E-state index contributed by atoms with van der Waals surface area (Å²) in [5, 5.41) is 8.95. The summed E-state index contributed by atoms with van der Waals surface area (Å²) in [5.74, 6) is 0.0400. The predicted molar refractivity (Wildman–Crippen MR) is 68.9 cm³/mol. The summed E-state index contributed by atoms with van der Waals surface area (Å²) in [4.78, 5) is 16.1. The first-order valence-electron chi connectivity index (χ1n) is 6.31. The van der Waals surface area contributed by atoms with Gasteiger partial charge in [0.2, 0.25) is 5.91 Å². The van der Waals surface area contributed by atoms with E-state index in [0.717, 1.165) is 13.0 Å². The normalized spacial score (nSPS) is 24.7. The van der Waals surface area contributed by atoms with Crippen LogP contribution in [0.25, 0.3) is 0 Å². The van der Waals surface area contributed by atoms with Gasteiger partial charge in [0.25, 0.3) is 0 Å². The summed E-state index contributed by atoms with van der Waals surface area (Å²) in [6.45, 7) is 6.23. The molecule has 0 saturated carbocycles. The van der Waals surface area contributed by atoms with Crippen LogP contribution in [0.15, 0.2) is 0 Å². The number of amides is 1. The maximum absolute atomic E-state index is 12.3. The fourth-order valence-corrected chi connectivity index (χ4v) is 2.44. The standard InChI is InChI=1S/C13H23N3O2/c1-13(2)6-8-15(3)12(17)11(5-7-14)16(13)9-10-18-4/h11H,5-6,8-10H2,1-4H3. The molecule has 0 aliphatic carbocycles. The van der Waals surface area contributed by atoms with Crippen molar-refractivity contribution in [3.63, 3.8) is 0 Å². The van der Waals surface area contributed by atoms with Gasteiger partial charge in [0.1, 0.15) is 6.04 Å². The third-order valence-corrected chi connectivity index (χ3v) is 3.69. The Morgan fingerprint density at radius 2 is 2.22 bits per heavy atom. The van der Waals surface area contributed by atoms with Crippen molar-refractivity contribution in [3.8, 4) is 6.07 Å². The number of ether oxygens (including phenoxy) is 1. The summed E-state index contributed by atoms with van der Waals surface area (Å²) in [7, 11) is 3.46. The van der Waals surface area contributed by atoms with Crippen LogP contribution in [0.4, 0.5) is 0 Å². The monoisotopic (exact) mass is 253 g/mol. The van der Waals surface area contributed by atoms with E-state index < -0.39 is 0 Å². The van der Waals surface area contributed by atoms with Gasteiger partial charge in [-0.05, 0) is 20.3 Å². The van der Waals surface area contributed by atoms with Crippen LogP contribution in [-0.2, 0) is 9.53 Å².